The molecule has 1 heterocycles. The number of hydrogen-bond acceptors (Lipinski definition) is 4. The Hall–Kier alpha value is -4.05. The lowest BCUT2D eigenvalue weighted by Gasteiger charge is -2.29. The lowest BCUT2D eigenvalue weighted by Crippen LogP contribution is -2.54. The fraction of sp³-hybridized carbons (Fsp3) is 0.0417. The molecular formula is C24H14F4N2O3S. The van der Waals surface area contributed by atoms with E-state index in [0.29, 0.717) is 23.6 Å². The maximum atomic E-state index is 13.7. The van der Waals surface area contributed by atoms with Gasteiger partial charge in [-0.05, 0) is 78.5 Å². The summed E-state index contributed by atoms with van der Waals surface area (Å²) in [5.41, 5.74) is -1.76. The van der Waals surface area contributed by atoms with Crippen LogP contribution in [0.1, 0.15) is 11.1 Å². The summed E-state index contributed by atoms with van der Waals surface area (Å²) in [4.78, 5) is 26.4. The SMILES string of the molecule is O=C1NC(=S)N(c2ccc(Oc3ccccc3)cc2)C(=O)C1=Cc1cc(F)cc(C(F)(F)F)c1. The maximum Gasteiger partial charge on any atom is 0.416 e. The van der Waals surface area contributed by atoms with Gasteiger partial charge in [-0.2, -0.15) is 13.2 Å². The molecule has 1 aliphatic heterocycles. The molecule has 5 nitrogen and oxygen atoms in total. The van der Waals surface area contributed by atoms with Crippen LogP contribution in [0.5, 0.6) is 11.5 Å². The fourth-order valence-electron chi connectivity index (χ4n) is 3.21. The van der Waals surface area contributed by atoms with Crippen LogP contribution in [0.4, 0.5) is 23.2 Å². The molecule has 0 bridgehead atoms. The van der Waals surface area contributed by atoms with Gasteiger partial charge in [-0.15, -0.1) is 0 Å². The molecule has 0 saturated carbocycles. The largest absolute Gasteiger partial charge is 0.457 e. The van der Waals surface area contributed by atoms with Crippen LogP contribution in [-0.2, 0) is 15.8 Å². The van der Waals surface area contributed by atoms with Gasteiger partial charge in [0.2, 0.25) is 0 Å². The number of nitrogens with zero attached hydrogens (tertiary/aromatic N) is 1. The molecule has 0 atom stereocenters. The van der Waals surface area contributed by atoms with Gasteiger partial charge in [0.25, 0.3) is 11.8 Å². The average molecular weight is 486 g/mol. The van der Waals surface area contributed by atoms with Crippen LogP contribution >= 0.6 is 12.2 Å². The molecule has 172 valence electrons. The minimum absolute atomic E-state index is 0.209. The average Bonchev–Trinajstić information content (AvgIpc) is 2.77. The first-order valence-electron chi connectivity index (χ1n) is 9.74. The van der Waals surface area contributed by atoms with Crippen LogP contribution in [0.2, 0.25) is 0 Å². The summed E-state index contributed by atoms with van der Waals surface area (Å²) in [5, 5.41) is 2.12. The molecule has 4 rings (SSSR count). The zero-order chi connectivity index (χ0) is 24.5. The second-order valence-corrected chi connectivity index (χ2v) is 7.52. The summed E-state index contributed by atoms with van der Waals surface area (Å²) in [6, 6.07) is 17.0. The van der Waals surface area contributed by atoms with Crippen molar-refractivity contribution in [1.29, 1.82) is 0 Å². The smallest absolute Gasteiger partial charge is 0.416 e. The Bertz CT molecular complexity index is 1310. The highest BCUT2D eigenvalue weighted by atomic mass is 32.1. The quantitative estimate of drug-likeness (QED) is 0.230. The van der Waals surface area contributed by atoms with Crippen LogP contribution < -0.4 is 15.0 Å². The predicted octanol–water partition coefficient (Wildman–Crippen LogP) is 5.47. The standard InChI is InChI=1S/C24H14F4N2O3S/c25-16-11-14(10-15(13-16)24(26,27)28)12-20-21(31)29-23(34)30(22(20)32)17-6-8-19(9-7-17)33-18-4-2-1-3-5-18/h1-13H,(H,29,31,34). The van der Waals surface area contributed by atoms with E-state index in [1.807, 2.05) is 6.07 Å². The van der Waals surface area contributed by atoms with Gasteiger partial charge in [-0.1, -0.05) is 18.2 Å². The van der Waals surface area contributed by atoms with Gasteiger partial charge in [-0.3, -0.25) is 19.8 Å². The summed E-state index contributed by atoms with van der Waals surface area (Å²) in [7, 11) is 0. The highest BCUT2D eigenvalue weighted by Gasteiger charge is 2.35. The van der Waals surface area contributed by atoms with E-state index in [1.54, 1.807) is 36.4 Å². The molecule has 1 N–H and O–H groups in total. The first-order valence-corrected chi connectivity index (χ1v) is 10.1. The molecule has 0 spiro atoms. The molecule has 34 heavy (non-hydrogen) atoms. The third-order valence-corrected chi connectivity index (χ3v) is 5.02. The first-order chi connectivity index (χ1) is 16.1. The predicted molar refractivity (Wildman–Crippen MR) is 121 cm³/mol. The maximum absolute atomic E-state index is 13.7. The third-order valence-electron chi connectivity index (χ3n) is 4.73. The van der Waals surface area contributed by atoms with Gasteiger partial charge >= 0.3 is 6.18 Å². The molecule has 2 amide bonds. The summed E-state index contributed by atoms with van der Waals surface area (Å²) in [6.07, 6.45) is -3.91. The van der Waals surface area contributed by atoms with E-state index in [2.05, 4.69) is 5.32 Å². The summed E-state index contributed by atoms with van der Waals surface area (Å²) >= 11 is 5.11. The molecule has 0 aromatic heterocycles. The Morgan fingerprint density at radius 3 is 2.21 bits per heavy atom. The highest BCUT2D eigenvalue weighted by Crippen LogP contribution is 2.32. The zero-order valence-electron chi connectivity index (χ0n) is 17.1. The fourth-order valence-corrected chi connectivity index (χ4v) is 3.49. The van der Waals surface area contributed by atoms with E-state index in [-0.39, 0.29) is 16.4 Å². The van der Waals surface area contributed by atoms with Crippen molar-refractivity contribution in [3.8, 4) is 11.5 Å². The molecule has 0 unspecified atom stereocenters. The van der Waals surface area contributed by atoms with Crippen molar-refractivity contribution in [1.82, 2.24) is 5.32 Å². The minimum atomic E-state index is -4.80. The summed E-state index contributed by atoms with van der Waals surface area (Å²) in [5.74, 6) is -1.86. The summed E-state index contributed by atoms with van der Waals surface area (Å²) in [6.45, 7) is 0. The zero-order valence-corrected chi connectivity index (χ0v) is 17.9. The number of hydrogen-bond donors (Lipinski definition) is 1. The Labute approximate surface area is 196 Å². The van der Waals surface area contributed by atoms with E-state index in [4.69, 9.17) is 17.0 Å². The van der Waals surface area contributed by atoms with Crippen LogP contribution in [0.3, 0.4) is 0 Å². The number of thiocarbonyl (C=S) groups is 1. The number of carbonyl (C=O) groups excluding carboxylic acids is 2. The third kappa shape index (κ3) is 4.96. The molecule has 0 aliphatic carbocycles. The molecule has 1 aliphatic rings. The van der Waals surface area contributed by atoms with Crippen LogP contribution in [0.15, 0.2) is 78.4 Å². The molecular weight excluding hydrogens is 472 g/mol. The Kier molecular flexibility index (Phi) is 6.16. The minimum Gasteiger partial charge on any atom is -0.457 e. The number of amides is 2. The summed E-state index contributed by atoms with van der Waals surface area (Å²) < 4.78 is 58.5. The number of rotatable bonds is 4. The first kappa shape index (κ1) is 23.1. The lowest BCUT2D eigenvalue weighted by molar-refractivity contribution is -0.137. The van der Waals surface area contributed by atoms with Crippen molar-refractivity contribution in [3.63, 3.8) is 0 Å². The second kappa shape index (κ2) is 9.06. The number of alkyl halides is 3. The van der Waals surface area contributed by atoms with Gasteiger partial charge in [0, 0.05) is 0 Å². The van der Waals surface area contributed by atoms with Gasteiger partial charge in [0.15, 0.2) is 5.11 Å². The van der Waals surface area contributed by atoms with Crippen LogP contribution in [-0.4, -0.2) is 16.9 Å². The van der Waals surface area contributed by atoms with Crippen molar-refractivity contribution < 1.29 is 31.9 Å². The number of nitrogens with one attached hydrogen (secondary N) is 1. The van der Waals surface area contributed by atoms with Crippen LogP contribution in [0.25, 0.3) is 6.08 Å². The lowest BCUT2D eigenvalue weighted by atomic mass is 10.0. The van der Waals surface area contributed by atoms with E-state index in [0.717, 1.165) is 17.0 Å². The Morgan fingerprint density at radius 2 is 1.56 bits per heavy atom. The van der Waals surface area contributed by atoms with Gasteiger partial charge < -0.3 is 4.74 Å². The van der Waals surface area contributed by atoms with Crippen molar-refractivity contribution in [2.75, 3.05) is 4.90 Å². The molecule has 10 heteroatoms. The van der Waals surface area contributed by atoms with Gasteiger partial charge in [-0.25, -0.2) is 4.39 Å². The van der Waals surface area contributed by atoms with Gasteiger partial charge in [0.1, 0.15) is 22.9 Å². The molecule has 3 aromatic rings. The number of halogens is 4. The van der Waals surface area contributed by atoms with E-state index < -0.39 is 34.9 Å². The van der Waals surface area contributed by atoms with Crippen molar-refractivity contribution in [2.24, 2.45) is 0 Å². The second-order valence-electron chi connectivity index (χ2n) is 7.14. The Balaban J connectivity index is 1.63. The topological polar surface area (TPSA) is 58.6 Å². The monoisotopic (exact) mass is 486 g/mol. The molecule has 1 fully saturated rings. The number of carbonyl (C=O) groups is 2. The molecule has 3 aromatic carbocycles. The molecule has 0 radical (unpaired) electrons. The number of benzene rings is 3. The number of ether oxygens (including phenoxy) is 1. The van der Waals surface area contributed by atoms with Crippen LogP contribution in [0, 0.1) is 5.82 Å². The normalized spacial score (nSPS) is 15.5. The Morgan fingerprint density at radius 1 is 0.912 bits per heavy atom. The number of para-hydroxylation sites is 1. The van der Waals surface area contributed by atoms with E-state index in [9.17, 15) is 27.2 Å². The van der Waals surface area contributed by atoms with Gasteiger partial charge in [0.05, 0.1) is 11.3 Å². The van der Waals surface area contributed by atoms with Crippen molar-refractivity contribution >= 4 is 40.9 Å². The highest BCUT2D eigenvalue weighted by molar-refractivity contribution is 7.80. The number of anilines is 1. The van der Waals surface area contributed by atoms with Crippen molar-refractivity contribution in [2.45, 2.75) is 6.18 Å². The van der Waals surface area contributed by atoms with E-state index in [1.165, 1.54) is 12.1 Å². The molecule has 1 saturated heterocycles. The van der Waals surface area contributed by atoms with Crippen molar-refractivity contribution in [3.05, 3.63) is 95.3 Å². The van der Waals surface area contributed by atoms with E-state index >= 15 is 0 Å².